The molecule has 0 spiro atoms. The molecule has 0 N–H and O–H groups in total. The fourth-order valence-corrected chi connectivity index (χ4v) is 2.71. The van der Waals surface area contributed by atoms with E-state index in [2.05, 4.69) is 25.9 Å². The summed E-state index contributed by atoms with van der Waals surface area (Å²) in [6.07, 6.45) is 3.20. The average molecular weight is 373 g/mol. The Morgan fingerprint density at radius 2 is 1.87 bits per heavy atom. The van der Waals surface area contributed by atoms with Crippen LogP contribution in [0, 0.1) is 0 Å². The van der Waals surface area contributed by atoms with Gasteiger partial charge in [0.05, 0.1) is 28.2 Å². The number of hydrogen-bond acceptors (Lipinski definition) is 5. The molecule has 2 aromatic carbocycles. The van der Waals surface area contributed by atoms with E-state index < -0.39 is 5.97 Å². The molecule has 6 heteroatoms. The Morgan fingerprint density at radius 1 is 1.09 bits per heavy atom. The van der Waals surface area contributed by atoms with Crippen LogP contribution in [0.25, 0.3) is 11.0 Å². The van der Waals surface area contributed by atoms with E-state index in [0.29, 0.717) is 11.1 Å². The van der Waals surface area contributed by atoms with E-state index in [-0.39, 0.29) is 6.61 Å². The minimum absolute atomic E-state index is 0.180. The number of ether oxygens (including phenoxy) is 2. The van der Waals surface area contributed by atoms with Crippen molar-refractivity contribution in [2.75, 3.05) is 7.11 Å². The summed E-state index contributed by atoms with van der Waals surface area (Å²) in [5, 5.41) is 0. The summed E-state index contributed by atoms with van der Waals surface area (Å²) in [7, 11) is 1.60. The summed E-state index contributed by atoms with van der Waals surface area (Å²) in [6, 6.07) is 10.6. The third-order valence-corrected chi connectivity index (χ3v) is 3.91. The Balaban J connectivity index is 1.72. The van der Waals surface area contributed by atoms with Crippen molar-refractivity contribution in [2.24, 2.45) is 0 Å². The van der Waals surface area contributed by atoms with E-state index >= 15 is 0 Å². The first-order chi connectivity index (χ1) is 11.2. The summed E-state index contributed by atoms with van der Waals surface area (Å²) >= 11 is 3.41. The van der Waals surface area contributed by atoms with Crippen LogP contribution in [0.3, 0.4) is 0 Å². The molecular weight excluding hydrogens is 360 g/mol. The maximum absolute atomic E-state index is 12.2. The Kier molecular flexibility index (Phi) is 4.52. The van der Waals surface area contributed by atoms with Crippen molar-refractivity contribution in [1.29, 1.82) is 0 Å². The van der Waals surface area contributed by atoms with Gasteiger partial charge < -0.3 is 9.47 Å². The number of aromatic nitrogens is 2. The number of rotatable bonds is 4. The van der Waals surface area contributed by atoms with Crippen molar-refractivity contribution in [2.45, 2.75) is 6.61 Å². The first kappa shape index (κ1) is 15.4. The number of benzene rings is 2. The molecule has 0 aliphatic heterocycles. The van der Waals surface area contributed by atoms with E-state index in [4.69, 9.17) is 9.47 Å². The molecule has 0 saturated heterocycles. The molecule has 0 radical (unpaired) electrons. The summed E-state index contributed by atoms with van der Waals surface area (Å²) in [6.45, 7) is 0.180. The van der Waals surface area contributed by atoms with Crippen LogP contribution in [0.15, 0.2) is 53.3 Å². The highest BCUT2D eigenvalue weighted by atomic mass is 79.9. The van der Waals surface area contributed by atoms with Crippen molar-refractivity contribution in [3.05, 3.63) is 64.4 Å². The van der Waals surface area contributed by atoms with Crippen molar-refractivity contribution < 1.29 is 14.3 Å². The number of esters is 1. The van der Waals surface area contributed by atoms with Crippen LogP contribution in [0.4, 0.5) is 0 Å². The van der Waals surface area contributed by atoms with Gasteiger partial charge in [0, 0.05) is 12.4 Å². The molecule has 0 bridgehead atoms. The second-order valence-corrected chi connectivity index (χ2v) is 5.66. The lowest BCUT2D eigenvalue weighted by Crippen LogP contribution is -2.05. The lowest BCUT2D eigenvalue weighted by atomic mass is 10.2. The molecule has 0 unspecified atom stereocenters. The fraction of sp³-hybridized carbons (Fsp3) is 0.118. The Labute approximate surface area is 141 Å². The van der Waals surface area contributed by atoms with Gasteiger partial charge in [0.2, 0.25) is 0 Å². The van der Waals surface area contributed by atoms with Gasteiger partial charge >= 0.3 is 5.97 Å². The minimum atomic E-state index is -0.399. The van der Waals surface area contributed by atoms with Gasteiger partial charge in [0.15, 0.2) is 0 Å². The van der Waals surface area contributed by atoms with Crippen LogP contribution in [0.5, 0.6) is 5.75 Å². The number of fused-ring (bicyclic) bond motifs is 1. The molecule has 0 atom stereocenters. The smallest absolute Gasteiger partial charge is 0.338 e. The maximum Gasteiger partial charge on any atom is 0.338 e. The Bertz CT molecular complexity index is 867. The molecule has 0 aliphatic carbocycles. The van der Waals surface area contributed by atoms with Crippen LogP contribution in [0.1, 0.15) is 15.9 Å². The molecule has 3 rings (SSSR count). The van der Waals surface area contributed by atoms with E-state index in [1.807, 2.05) is 18.2 Å². The Hall–Kier alpha value is -2.47. The molecule has 5 nitrogen and oxygen atoms in total. The quantitative estimate of drug-likeness (QED) is 0.652. The minimum Gasteiger partial charge on any atom is -0.496 e. The van der Waals surface area contributed by atoms with Crippen molar-refractivity contribution >= 4 is 32.9 Å². The highest BCUT2D eigenvalue weighted by molar-refractivity contribution is 9.10. The van der Waals surface area contributed by atoms with Crippen LogP contribution >= 0.6 is 15.9 Å². The number of halogens is 1. The van der Waals surface area contributed by atoms with Gasteiger partial charge in [-0.1, -0.05) is 6.07 Å². The van der Waals surface area contributed by atoms with Crippen LogP contribution in [-0.4, -0.2) is 23.0 Å². The second kappa shape index (κ2) is 6.75. The molecule has 1 heterocycles. The van der Waals surface area contributed by atoms with Crippen molar-refractivity contribution in [3.63, 3.8) is 0 Å². The van der Waals surface area contributed by atoms with Crippen LogP contribution in [0.2, 0.25) is 0 Å². The topological polar surface area (TPSA) is 61.3 Å². The highest BCUT2D eigenvalue weighted by Gasteiger charge is 2.10. The maximum atomic E-state index is 12.2. The molecule has 3 aromatic rings. The third kappa shape index (κ3) is 3.48. The standard InChI is InChI=1S/C17H13BrN2O3/c1-22-16-5-2-11(8-13(16)18)10-23-17(21)12-3-4-14-15(9-12)20-7-6-19-14/h2-9H,10H2,1H3. The molecule has 23 heavy (non-hydrogen) atoms. The SMILES string of the molecule is COc1ccc(COC(=O)c2ccc3nccnc3c2)cc1Br. The zero-order chi connectivity index (χ0) is 16.2. The molecule has 0 fully saturated rings. The number of hydrogen-bond donors (Lipinski definition) is 0. The molecule has 0 aliphatic rings. The van der Waals surface area contributed by atoms with Gasteiger partial charge in [-0.05, 0) is 51.8 Å². The van der Waals surface area contributed by atoms with Crippen LogP contribution in [-0.2, 0) is 11.3 Å². The number of carbonyl (C=O) groups excluding carboxylic acids is 1. The van der Waals surface area contributed by atoms with Gasteiger partial charge in [0.25, 0.3) is 0 Å². The lowest BCUT2D eigenvalue weighted by Gasteiger charge is -2.08. The molecule has 0 amide bonds. The van der Waals surface area contributed by atoms with Gasteiger partial charge in [-0.3, -0.25) is 9.97 Å². The monoisotopic (exact) mass is 372 g/mol. The lowest BCUT2D eigenvalue weighted by molar-refractivity contribution is 0.0473. The molecule has 1 aromatic heterocycles. The van der Waals surface area contributed by atoms with Gasteiger partial charge in [0.1, 0.15) is 12.4 Å². The zero-order valence-electron chi connectivity index (χ0n) is 12.3. The van der Waals surface area contributed by atoms with Gasteiger partial charge in [-0.25, -0.2) is 4.79 Å². The Morgan fingerprint density at radius 3 is 2.61 bits per heavy atom. The molecule has 116 valence electrons. The predicted octanol–water partition coefficient (Wildman–Crippen LogP) is 3.76. The number of nitrogens with zero attached hydrogens (tertiary/aromatic N) is 2. The van der Waals surface area contributed by atoms with Crippen molar-refractivity contribution in [1.82, 2.24) is 9.97 Å². The summed E-state index contributed by atoms with van der Waals surface area (Å²) in [5.74, 6) is 0.331. The van der Waals surface area contributed by atoms with Gasteiger partial charge in [-0.2, -0.15) is 0 Å². The normalized spacial score (nSPS) is 10.5. The largest absolute Gasteiger partial charge is 0.496 e. The van der Waals surface area contributed by atoms with E-state index in [9.17, 15) is 4.79 Å². The van der Waals surface area contributed by atoms with E-state index in [1.165, 1.54) is 0 Å². The summed E-state index contributed by atoms with van der Waals surface area (Å²) in [4.78, 5) is 20.5. The number of carbonyl (C=O) groups is 1. The first-order valence-electron chi connectivity index (χ1n) is 6.87. The van der Waals surface area contributed by atoms with E-state index in [1.54, 1.807) is 37.7 Å². The van der Waals surface area contributed by atoms with E-state index in [0.717, 1.165) is 21.3 Å². The second-order valence-electron chi connectivity index (χ2n) is 4.80. The first-order valence-corrected chi connectivity index (χ1v) is 7.67. The summed E-state index contributed by atoms with van der Waals surface area (Å²) in [5.41, 5.74) is 2.72. The van der Waals surface area contributed by atoms with Crippen LogP contribution < -0.4 is 4.74 Å². The zero-order valence-corrected chi connectivity index (χ0v) is 13.9. The summed E-state index contributed by atoms with van der Waals surface area (Å²) < 4.78 is 11.3. The predicted molar refractivity (Wildman–Crippen MR) is 89.4 cm³/mol. The number of methoxy groups -OCH3 is 1. The molecule has 0 saturated carbocycles. The highest BCUT2D eigenvalue weighted by Crippen LogP contribution is 2.26. The van der Waals surface area contributed by atoms with Gasteiger partial charge in [-0.15, -0.1) is 0 Å². The molecular formula is C17H13BrN2O3. The average Bonchev–Trinajstić information content (AvgIpc) is 2.59. The van der Waals surface area contributed by atoms with Crippen molar-refractivity contribution in [3.8, 4) is 5.75 Å². The fourth-order valence-electron chi connectivity index (χ4n) is 2.12. The third-order valence-electron chi connectivity index (χ3n) is 3.29.